The van der Waals surface area contributed by atoms with Gasteiger partial charge in [0, 0.05) is 23.8 Å². The number of amides is 2. The largest absolute Gasteiger partial charge is 0.482 e. The minimum atomic E-state index is -0.436. The van der Waals surface area contributed by atoms with Gasteiger partial charge in [0.25, 0.3) is 5.91 Å². The Hall–Kier alpha value is -1.79. The summed E-state index contributed by atoms with van der Waals surface area (Å²) in [5.74, 6) is -0.0395. The molecule has 1 heterocycles. The highest BCUT2D eigenvalue weighted by molar-refractivity contribution is 6.35. The minimum Gasteiger partial charge on any atom is -0.482 e. The maximum Gasteiger partial charge on any atom is 0.277 e. The van der Waals surface area contributed by atoms with Gasteiger partial charge in [0.1, 0.15) is 5.75 Å². The molecule has 1 N–H and O–H groups in total. The van der Waals surface area contributed by atoms with Gasteiger partial charge >= 0.3 is 0 Å². The van der Waals surface area contributed by atoms with Crippen molar-refractivity contribution in [3.63, 3.8) is 0 Å². The van der Waals surface area contributed by atoms with Crippen LogP contribution in [0.2, 0.25) is 10.0 Å². The zero-order chi connectivity index (χ0) is 17.5. The summed E-state index contributed by atoms with van der Waals surface area (Å²) in [5, 5.41) is 4.73. The third kappa shape index (κ3) is 5.69. The van der Waals surface area contributed by atoms with Crippen LogP contribution < -0.4 is 10.2 Å². The van der Waals surface area contributed by atoms with Crippen molar-refractivity contribution in [2.45, 2.75) is 26.2 Å². The number of hydrogen-bond donors (Lipinski definition) is 1. The Bertz CT molecular complexity index is 643. The topological polar surface area (TPSA) is 71.0 Å². The summed E-state index contributed by atoms with van der Waals surface area (Å²) in [4.78, 5) is 25.5. The van der Waals surface area contributed by atoms with Gasteiger partial charge in [0.05, 0.1) is 11.4 Å². The van der Waals surface area contributed by atoms with Crippen LogP contribution in [0.4, 0.5) is 0 Å². The predicted octanol–water partition coefficient (Wildman–Crippen LogP) is 2.88. The van der Waals surface area contributed by atoms with Gasteiger partial charge in [-0.1, -0.05) is 23.2 Å². The molecule has 1 aliphatic heterocycles. The van der Waals surface area contributed by atoms with Gasteiger partial charge in [-0.05, 0) is 38.0 Å². The Labute approximate surface area is 150 Å². The van der Waals surface area contributed by atoms with Crippen molar-refractivity contribution >= 4 is 40.7 Å². The number of halogens is 2. The molecular formula is C16H19Cl2N3O3. The van der Waals surface area contributed by atoms with E-state index in [1.807, 2.05) is 4.90 Å². The molecular weight excluding hydrogens is 353 g/mol. The van der Waals surface area contributed by atoms with Crippen LogP contribution >= 0.6 is 23.2 Å². The summed E-state index contributed by atoms with van der Waals surface area (Å²) in [5.41, 5.74) is 2.91. The highest BCUT2D eigenvalue weighted by atomic mass is 35.5. The minimum absolute atomic E-state index is 0.0344. The molecule has 24 heavy (non-hydrogen) atoms. The van der Waals surface area contributed by atoms with Gasteiger partial charge in [-0.2, -0.15) is 5.10 Å². The van der Waals surface area contributed by atoms with Gasteiger partial charge < -0.3 is 9.64 Å². The summed E-state index contributed by atoms with van der Waals surface area (Å²) < 4.78 is 5.30. The highest BCUT2D eigenvalue weighted by Crippen LogP contribution is 2.27. The summed E-state index contributed by atoms with van der Waals surface area (Å²) in [6, 6.07) is 4.73. The molecule has 0 saturated carbocycles. The van der Waals surface area contributed by atoms with Gasteiger partial charge in [-0.3, -0.25) is 9.59 Å². The second-order valence-electron chi connectivity index (χ2n) is 5.51. The van der Waals surface area contributed by atoms with Crippen LogP contribution in [0, 0.1) is 0 Å². The summed E-state index contributed by atoms with van der Waals surface area (Å²) in [7, 11) is 0. The second-order valence-corrected chi connectivity index (χ2v) is 6.35. The number of nitrogens with one attached hydrogen (secondary N) is 1. The molecule has 1 aliphatic rings. The maximum atomic E-state index is 12.0. The van der Waals surface area contributed by atoms with E-state index in [2.05, 4.69) is 10.5 Å². The molecule has 0 unspecified atom stereocenters. The Morgan fingerprint density at radius 1 is 1.29 bits per heavy atom. The van der Waals surface area contributed by atoms with E-state index in [0.29, 0.717) is 21.5 Å². The molecule has 8 heteroatoms. The van der Waals surface area contributed by atoms with E-state index in [-0.39, 0.29) is 18.9 Å². The van der Waals surface area contributed by atoms with Crippen molar-refractivity contribution in [2.75, 3.05) is 19.7 Å². The Kier molecular flexibility index (Phi) is 6.87. The molecule has 130 valence electrons. The first-order valence-electron chi connectivity index (χ1n) is 7.63. The fraction of sp³-hybridized carbons (Fsp3) is 0.438. The third-order valence-electron chi connectivity index (χ3n) is 3.49. The molecule has 0 bridgehead atoms. The maximum absolute atomic E-state index is 12.0. The summed E-state index contributed by atoms with van der Waals surface area (Å²) >= 11 is 11.7. The Morgan fingerprint density at radius 2 is 2.00 bits per heavy atom. The van der Waals surface area contributed by atoms with E-state index in [0.717, 1.165) is 25.9 Å². The number of likely N-dealkylation sites (tertiary alicyclic amines) is 1. The van der Waals surface area contributed by atoms with Crippen LogP contribution in [0.5, 0.6) is 5.75 Å². The van der Waals surface area contributed by atoms with E-state index in [4.69, 9.17) is 27.9 Å². The quantitative estimate of drug-likeness (QED) is 0.617. The molecule has 2 rings (SSSR count). The fourth-order valence-electron chi connectivity index (χ4n) is 2.26. The van der Waals surface area contributed by atoms with Crippen molar-refractivity contribution < 1.29 is 14.3 Å². The SMILES string of the molecule is C/C(CC(=O)N1CCCC1)=N/NC(=O)COc1ccc(Cl)cc1Cl. The highest BCUT2D eigenvalue weighted by Gasteiger charge is 2.18. The van der Waals surface area contributed by atoms with Crippen LogP contribution in [0.1, 0.15) is 26.2 Å². The predicted molar refractivity (Wildman–Crippen MR) is 93.6 cm³/mol. The molecule has 0 aromatic heterocycles. The average molecular weight is 372 g/mol. The van der Waals surface area contributed by atoms with Gasteiger partial charge in [0.15, 0.2) is 6.61 Å². The monoisotopic (exact) mass is 371 g/mol. The fourth-order valence-corrected chi connectivity index (χ4v) is 2.73. The molecule has 1 aromatic rings. The molecule has 0 aliphatic carbocycles. The van der Waals surface area contributed by atoms with Crippen molar-refractivity contribution in [3.05, 3.63) is 28.2 Å². The molecule has 6 nitrogen and oxygen atoms in total. The van der Waals surface area contributed by atoms with Crippen molar-refractivity contribution in [3.8, 4) is 5.75 Å². The molecule has 1 fully saturated rings. The zero-order valence-electron chi connectivity index (χ0n) is 13.3. The number of rotatable bonds is 6. The van der Waals surface area contributed by atoms with Crippen LogP contribution in [-0.2, 0) is 9.59 Å². The molecule has 1 saturated heterocycles. The summed E-state index contributed by atoms with van der Waals surface area (Å²) in [6.07, 6.45) is 2.29. The first-order valence-corrected chi connectivity index (χ1v) is 8.39. The van der Waals surface area contributed by atoms with E-state index in [9.17, 15) is 9.59 Å². The van der Waals surface area contributed by atoms with Crippen LogP contribution in [0.15, 0.2) is 23.3 Å². The smallest absolute Gasteiger partial charge is 0.277 e. The lowest BCUT2D eigenvalue weighted by Crippen LogP contribution is -2.30. The number of hydrazone groups is 1. The van der Waals surface area contributed by atoms with E-state index in [1.165, 1.54) is 6.07 Å². The lowest BCUT2D eigenvalue weighted by atomic mass is 10.3. The van der Waals surface area contributed by atoms with E-state index >= 15 is 0 Å². The molecule has 1 aromatic carbocycles. The van der Waals surface area contributed by atoms with Crippen molar-refractivity contribution in [2.24, 2.45) is 5.10 Å². The lowest BCUT2D eigenvalue weighted by molar-refractivity contribution is -0.129. The third-order valence-corrected chi connectivity index (χ3v) is 4.02. The number of hydrogen-bond acceptors (Lipinski definition) is 4. The molecule has 2 amide bonds. The number of ether oxygens (including phenoxy) is 1. The second kappa shape index (κ2) is 8.89. The lowest BCUT2D eigenvalue weighted by Gasteiger charge is -2.14. The van der Waals surface area contributed by atoms with Crippen LogP contribution in [-0.4, -0.2) is 42.1 Å². The molecule has 0 spiro atoms. The number of carbonyl (C=O) groups is 2. The standard InChI is InChI=1S/C16H19Cl2N3O3/c1-11(8-16(23)21-6-2-3-7-21)19-20-15(22)10-24-14-5-4-12(17)9-13(14)18/h4-5,9H,2-3,6-8,10H2,1H3,(H,20,22)/b19-11-. The average Bonchev–Trinajstić information content (AvgIpc) is 3.06. The van der Waals surface area contributed by atoms with Crippen LogP contribution in [0.3, 0.4) is 0 Å². The number of carbonyl (C=O) groups excluding carboxylic acids is 2. The van der Waals surface area contributed by atoms with Gasteiger partial charge in [-0.25, -0.2) is 5.43 Å². The van der Waals surface area contributed by atoms with Gasteiger partial charge in [-0.15, -0.1) is 0 Å². The van der Waals surface area contributed by atoms with Crippen LogP contribution in [0.25, 0.3) is 0 Å². The molecule has 0 radical (unpaired) electrons. The van der Waals surface area contributed by atoms with Crippen molar-refractivity contribution in [1.82, 2.24) is 10.3 Å². The number of nitrogens with zero attached hydrogens (tertiary/aromatic N) is 2. The summed E-state index contributed by atoms with van der Waals surface area (Å²) in [6.45, 7) is 3.06. The zero-order valence-corrected chi connectivity index (χ0v) is 14.9. The Balaban J connectivity index is 1.76. The van der Waals surface area contributed by atoms with Crippen molar-refractivity contribution in [1.29, 1.82) is 0 Å². The Morgan fingerprint density at radius 3 is 2.67 bits per heavy atom. The molecule has 0 atom stereocenters. The first-order chi connectivity index (χ1) is 11.5. The van der Waals surface area contributed by atoms with E-state index < -0.39 is 5.91 Å². The normalized spacial score (nSPS) is 14.6. The first kappa shape index (κ1) is 18.5. The van der Waals surface area contributed by atoms with E-state index in [1.54, 1.807) is 19.1 Å². The number of benzene rings is 1. The van der Waals surface area contributed by atoms with Gasteiger partial charge in [0.2, 0.25) is 5.91 Å².